The Morgan fingerprint density at radius 1 is 1.17 bits per heavy atom. The van der Waals surface area contributed by atoms with Crippen molar-refractivity contribution in [2.45, 2.75) is 13.5 Å². The van der Waals surface area contributed by atoms with Crippen LogP contribution in [0, 0.1) is 6.92 Å². The van der Waals surface area contributed by atoms with Crippen LogP contribution >= 0.6 is 39.1 Å². The van der Waals surface area contributed by atoms with Gasteiger partial charge in [-0.1, -0.05) is 29.3 Å². The molecule has 2 nitrogen and oxygen atoms in total. The van der Waals surface area contributed by atoms with Gasteiger partial charge in [0.1, 0.15) is 0 Å². The number of hydrogen-bond donors (Lipinski definition) is 1. The fraction of sp³-hybridized carbons (Fsp3) is 0.154. The first kappa shape index (κ1) is 13.7. The van der Waals surface area contributed by atoms with Crippen molar-refractivity contribution in [3.63, 3.8) is 0 Å². The summed E-state index contributed by atoms with van der Waals surface area (Å²) in [5.74, 6) is 0. The lowest BCUT2D eigenvalue weighted by Gasteiger charge is -2.10. The van der Waals surface area contributed by atoms with Gasteiger partial charge in [-0.2, -0.15) is 0 Å². The second kappa shape index (κ2) is 5.91. The minimum absolute atomic E-state index is 0.513. The fourth-order valence-electron chi connectivity index (χ4n) is 1.55. The van der Waals surface area contributed by atoms with Crippen molar-refractivity contribution in [2.24, 2.45) is 0 Å². The summed E-state index contributed by atoms with van der Waals surface area (Å²) in [4.78, 5) is 4.41. The van der Waals surface area contributed by atoms with Gasteiger partial charge in [-0.25, -0.2) is 0 Å². The van der Waals surface area contributed by atoms with Crippen LogP contribution in [0.25, 0.3) is 0 Å². The first-order chi connectivity index (χ1) is 8.58. The normalized spacial score (nSPS) is 10.4. The van der Waals surface area contributed by atoms with Crippen molar-refractivity contribution < 1.29 is 0 Å². The van der Waals surface area contributed by atoms with Gasteiger partial charge < -0.3 is 5.32 Å². The van der Waals surface area contributed by atoms with Crippen LogP contribution in [0.4, 0.5) is 5.69 Å². The number of aryl methyl sites for hydroxylation is 1. The number of halogens is 3. The average Bonchev–Trinajstić information content (AvgIpc) is 2.35. The van der Waals surface area contributed by atoms with E-state index in [-0.39, 0.29) is 0 Å². The molecule has 0 unspecified atom stereocenters. The maximum Gasteiger partial charge on any atom is 0.0835 e. The zero-order valence-corrected chi connectivity index (χ0v) is 12.8. The van der Waals surface area contributed by atoms with Gasteiger partial charge in [0.15, 0.2) is 0 Å². The molecule has 0 spiro atoms. The maximum atomic E-state index is 6.15. The lowest BCUT2D eigenvalue weighted by Crippen LogP contribution is -2.02. The van der Waals surface area contributed by atoms with Crippen LogP contribution in [0.1, 0.15) is 11.4 Å². The lowest BCUT2D eigenvalue weighted by molar-refractivity contribution is 1.02. The topological polar surface area (TPSA) is 24.9 Å². The second-order valence-electron chi connectivity index (χ2n) is 3.85. The van der Waals surface area contributed by atoms with Gasteiger partial charge in [-0.15, -0.1) is 0 Å². The quantitative estimate of drug-likeness (QED) is 0.785. The predicted octanol–water partition coefficient (Wildman–Crippen LogP) is 5.07. The van der Waals surface area contributed by atoms with E-state index >= 15 is 0 Å². The van der Waals surface area contributed by atoms with Crippen molar-refractivity contribution in [1.29, 1.82) is 0 Å². The molecule has 2 rings (SSSR count). The Morgan fingerprint density at radius 2 is 1.94 bits per heavy atom. The van der Waals surface area contributed by atoms with Crippen LogP contribution in [-0.2, 0) is 6.54 Å². The third-order valence-corrected chi connectivity index (χ3v) is 4.21. The first-order valence-corrected chi connectivity index (χ1v) is 6.92. The average molecular weight is 346 g/mol. The number of nitrogens with one attached hydrogen (secondary N) is 1. The van der Waals surface area contributed by atoms with Gasteiger partial charge in [0.05, 0.1) is 28.0 Å². The van der Waals surface area contributed by atoms with E-state index in [1.165, 1.54) is 0 Å². The Morgan fingerprint density at radius 3 is 2.67 bits per heavy atom. The Kier molecular flexibility index (Phi) is 4.49. The summed E-state index contributed by atoms with van der Waals surface area (Å²) in [6, 6.07) is 9.66. The van der Waals surface area contributed by atoms with Crippen molar-refractivity contribution in [2.75, 3.05) is 5.32 Å². The van der Waals surface area contributed by atoms with E-state index in [0.29, 0.717) is 16.6 Å². The molecule has 1 N–H and O–H groups in total. The molecule has 0 bridgehead atoms. The maximum absolute atomic E-state index is 6.15. The SMILES string of the molecule is Cc1cccc(CNc2ccc(Br)c(Cl)c2Cl)n1. The summed E-state index contributed by atoms with van der Waals surface area (Å²) in [6.07, 6.45) is 0. The van der Waals surface area contributed by atoms with Gasteiger partial charge >= 0.3 is 0 Å². The van der Waals surface area contributed by atoms with E-state index in [1.807, 2.05) is 37.3 Å². The molecule has 2 aromatic rings. The highest BCUT2D eigenvalue weighted by molar-refractivity contribution is 9.10. The van der Waals surface area contributed by atoms with Crippen LogP contribution in [0.2, 0.25) is 10.0 Å². The third-order valence-electron chi connectivity index (χ3n) is 2.44. The molecule has 18 heavy (non-hydrogen) atoms. The molecule has 0 radical (unpaired) electrons. The van der Waals surface area contributed by atoms with Gasteiger partial charge in [0.25, 0.3) is 0 Å². The van der Waals surface area contributed by atoms with Crippen LogP contribution in [0.15, 0.2) is 34.8 Å². The van der Waals surface area contributed by atoms with E-state index < -0.39 is 0 Å². The zero-order chi connectivity index (χ0) is 13.1. The number of aromatic nitrogens is 1. The highest BCUT2D eigenvalue weighted by atomic mass is 79.9. The van der Waals surface area contributed by atoms with E-state index in [1.54, 1.807) is 0 Å². The van der Waals surface area contributed by atoms with Crippen LogP contribution in [0.3, 0.4) is 0 Å². The van der Waals surface area contributed by atoms with Crippen LogP contribution < -0.4 is 5.32 Å². The Bertz CT molecular complexity index is 573. The number of hydrogen-bond acceptors (Lipinski definition) is 2. The summed E-state index contributed by atoms with van der Waals surface area (Å²) < 4.78 is 0.786. The Hall–Kier alpha value is -0.770. The van der Waals surface area contributed by atoms with Gasteiger partial charge in [-0.3, -0.25) is 4.98 Å². The molecular weight excluding hydrogens is 335 g/mol. The molecule has 0 saturated heterocycles. The number of benzene rings is 1. The van der Waals surface area contributed by atoms with Crippen LogP contribution in [0.5, 0.6) is 0 Å². The molecule has 1 aromatic heterocycles. The lowest BCUT2D eigenvalue weighted by atomic mass is 10.3. The minimum atomic E-state index is 0.513. The van der Waals surface area contributed by atoms with Crippen LogP contribution in [-0.4, -0.2) is 4.98 Å². The molecule has 0 saturated carbocycles. The number of pyridine rings is 1. The van der Waals surface area contributed by atoms with Crippen molar-refractivity contribution in [3.8, 4) is 0 Å². The minimum Gasteiger partial charge on any atom is -0.378 e. The molecule has 94 valence electrons. The first-order valence-electron chi connectivity index (χ1n) is 5.38. The third kappa shape index (κ3) is 3.16. The summed E-state index contributed by atoms with van der Waals surface area (Å²) in [7, 11) is 0. The molecule has 0 atom stereocenters. The van der Waals surface area contributed by atoms with Gasteiger partial charge in [0, 0.05) is 10.2 Å². The monoisotopic (exact) mass is 344 g/mol. The number of rotatable bonds is 3. The van der Waals surface area contributed by atoms with E-state index in [4.69, 9.17) is 23.2 Å². The Labute approximate surface area is 124 Å². The molecule has 5 heteroatoms. The van der Waals surface area contributed by atoms with Crippen molar-refractivity contribution in [3.05, 3.63) is 56.2 Å². The van der Waals surface area contributed by atoms with Gasteiger partial charge in [0.2, 0.25) is 0 Å². The van der Waals surface area contributed by atoms with Gasteiger partial charge in [-0.05, 0) is 47.1 Å². The van der Waals surface area contributed by atoms with Crippen molar-refractivity contribution >= 4 is 44.8 Å². The largest absolute Gasteiger partial charge is 0.378 e. The number of anilines is 1. The molecule has 0 fully saturated rings. The molecule has 0 aliphatic rings. The molecule has 0 aliphatic carbocycles. The molecule has 1 aromatic carbocycles. The zero-order valence-electron chi connectivity index (χ0n) is 9.67. The summed E-state index contributed by atoms with van der Waals surface area (Å²) in [6.45, 7) is 2.58. The highest BCUT2D eigenvalue weighted by Gasteiger charge is 2.08. The van der Waals surface area contributed by atoms with E-state index in [2.05, 4.69) is 26.2 Å². The number of nitrogens with zero attached hydrogens (tertiary/aromatic N) is 1. The summed E-state index contributed by atoms with van der Waals surface area (Å²) in [5, 5.41) is 4.25. The summed E-state index contributed by atoms with van der Waals surface area (Å²) >= 11 is 15.5. The standard InChI is InChI=1S/C13H11BrCl2N2/c1-8-3-2-4-9(18-8)7-17-11-6-5-10(14)12(15)13(11)16/h2-6,17H,7H2,1H3. The molecule has 0 aliphatic heterocycles. The predicted molar refractivity (Wildman–Crippen MR) is 80.5 cm³/mol. The second-order valence-corrected chi connectivity index (χ2v) is 5.46. The van der Waals surface area contributed by atoms with E-state index in [9.17, 15) is 0 Å². The smallest absolute Gasteiger partial charge is 0.0835 e. The Balaban J connectivity index is 2.14. The fourth-order valence-corrected chi connectivity index (χ4v) is 2.39. The van der Waals surface area contributed by atoms with Crippen molar-refractivity contribution in [1.82, 2.24) is 4.98 Å². The summed E-state index contributed by atoms with van der Waals surface area (Å²) in [5.41, 5.74) is 2.76. The molecule has 0 amide bonds. The van der Waals surface area contributed by atoms with E-state index in [0.717, 1.165) is 21.5 Å². The molecular formula is C13H11BrCl2N2. The molecule has 1 heterocycles. The highest BCUT2D eigenvalue weighted by Crippen LogP contribution is 2.35.